The van der Waals surface area contributed by atoms with Crippen LogP contribution in [0.5, 0.6) is 5.75 Å². The van der Waals surface area contributed by atoms with E-state index in [1.54, 1.807) is 29.1 Å². The molecule has 0 fully saturated rings. The van der Waals surface area contributed by atoms with E-state index in [9.17, 15) is 10.1 Å². The fourth-order valence-electron chi connectivity index (χ4n) is 2.02. The molecule has 106 valence electrons. The smallest absolute Gasteiger partial charge is 0.334 e. The zero-order chi connectivity index (χ0) is 14.7. The number of aromatic nitrogens is 2. The SMILES string of the molecule is CCc1nn(C)cc1Nc1cccc(OC)c1[N+](=O)[O-]. The van der Waals surface area contributed by atoms with Crippen molar-refractivity contribution in [2.24, 2.45) is 7.05 Å². The molecule has 0 aliphatic heterocycles. The molecule has 0 spiro atoms. The van der Waals surface area contributed by atoms with E-state index >= 15 is 0 Å². The number of aryl methyl sites for hydroxylation is 2. The Kier molecular flexibility index (Phi) is 3.88. The summed E-state index contributed by atoms with van der Waals surface area (Å²) in [5.41, 5.74) is 1.91. The van der Waals surface area contributed by atoms with Gasteiger partial charge in [-0.15, -0.1) is 0 Å². The van der Waals surface area contributed by atoms with Gasteiger partial charge in [-0.2, -0.15) is 5.10 Å². The van der Waals surface area contributed by atoms with Crippen molar-refractivity contribution in [2.75, 3.05) is 12.4 Å². The molecule has 7 nitrogen and oxygen atoms in total. The highest BCUT2D eigenvalue weighted by Gasteiger charge is 2.21. The van der Waals surface area contributed by atoms with Crippen molar-refractivity contribution in [3.05, 3.63) is 40.2 Å². The molecular formula is C13H16N4O3. The van der Waals surface area contributed by atoms with Gasteiger partial charge in [0, 0.05) is 13.2 Å². The van der Waals surface area contributed by atoms with Crippen molar-refractivity contribution in [1.29, 1.82) is 0 Å². The second-order valence-electron chi connectivity index (χ2n) is 4.26. The number of ether oxygens (including phenoxy) is 1. The molecule has 1 heterocycles. The van der Waals surface area contributed by atoms with Gasteiger partial charge in [0.15, 0.2) is 5.75 Å². The van der Waals surface area contributed by atoms with Crippen LogP contribution in [-0.2, 0) is 13.5 Å². The molecule has 0 saturated carbocycles. The Morgan fingerprint density at radius 1 is 1.45 bits per heavy atom. The summed E-state index contributed by atoms with van der Waals surface area (Å²) in [6, 6.07) is 4.91. The molecule has 0 aliphatic carbocycles. The highest BCUT2D eigenvalue weighted by molar-refractivity contribution is 5.74. The van der Waals surface area contributed by atoms with Crippen LogP contribution in [0.1, 0.15) is 12.6 Å². The number of nitrogens with zero attached hydrogens (tertiary/aromatic N) is 3. The van der Waals surface area contributed by atoms with Crippen LogP contribution in [0.15, 0.2) is 24.4 Å². The molecule has 2 rings (SSSR count). The van der Waals surface area contributed by atoms with Gasteiger partial charge in [0.25, 0.3) is 0 Å². The number of nitro groups is 1. The number of nitrogens with one attached hydrogen (secondary N) is 1. The van der Waals surface area contributed by atoms with Crippen LogP contribution in [0, 0.1) is 10.1 Å². The van der Waals surface area contributed by atoms with E-state index in [0.717, 1.165) is 17.8 Å². The topological polar surface area (TPSA) is 82.2 Å². The minimum atomic E-state index is -0.455. The van der Waals surface area contributed by atoms with E-state index in [-0.39, 0.29) is 11.4 Å². The molecular weight excluding hydrogens is 260 g/mol. The molecule has 0 amide bonds. The number of para-hydroxylation sites is 1. The normalized spacial score (nSPS) is 10.3. The molecule has 20 heavy (non-hydrogen) atoms. The Bertz CT molecular complexity index is 637. The van der Waals surface area contributed by atoms with Crippen LogP contribution in [0.4, 0.5) is 17.1 Å². The summed E-state index contributed by atoms with van der Waals surface area (Å²) in [7, 11) is 3.22. The van der Waals surface area contributed by atoms with Crippen molar-refractivity contribution >= 4 is 17.1 Å². The van der Waals surface area contributed by atoms with Crippen molar-refractivity contribution < 1.29 is 9.66 Å². The Morgan fingerprint density at radius 2 is 2.20 bits per heavy atom. The first-order valence-corrected chi connectivity index (χ1v) is 6.17. The Labute approximate surface area is 116 Å². The fraction of sp³-hybridized carbons (Fsp3) is 0.308. The molecule has 0 radical (unpaired) electrons. The number of methoxy groups -OCH3 is 1. The van der Waals surface area contributed by atoms with Gasteiger partial charge in [-0.1, -0.05) is 13.0 Å². The molecule has 0 bridgehead atoms. The van der Waals surface area contributed by atoms with E-state index in [1.165, 1.54) is 7.11 Å². The fourth-order valence-corrected chi connectivity index (χ4v) is 2.02. The summed E-state index contributed by atoms with van der Waals surface area (Å²) < 4.78 is 6.72. The maximum atomic E-state index is 11.2. The highest BCUT2D eigenvalue weighted by Crippen LogP contribution is 2.36. The standard InChI is InChI=1S/C13H16N4O3/c1-4-9-11(8-16(2)15-9)14-10-6-5-7-12(20-3)13(10)17(18)19/h5-8,14H,4H2,1-3H3. The van der Waals surface area contributed by atoms with E-state index in [2.05, 4.69) is 10.4 Å². The molecule has 7 heteroatoms. The van der Waals surface area contributed by atoms with Crippen molar-refractivity contribution in [2.45, 2.75) is 13.3 Å². The minimum absolute atomic E-state index is 0.0825. The summed E-state index contributed by atoms with van der Waals surface area (Å²) in [4.78, 5) is 10.8. The van der Waals surface area contributed by atoms with E-state index in [1.807, 2.05) is 14.0 Å². The third kappa shape index (κ3) is 2.56. The highest BCUT2D eigenvalue weighted by atomic mass is 16.6. The second-order valence-corrected chi connectivity index (χ2v) is 4.26. The zero-order valence-electron chi connectivity index (χ0n) is 11.6. The Hall–Kier alpha value is -2.57. The second kappa shape index (κ2) is 5.60. The summed E-state index contributed by atoms with van der Waals surface area (Å²) in [5.74, 6) is 0.224. The van der Waals surface area contributed by atoms with E-state index in [0.29, 0.717) is 5.69 Å². The summed E-state index contributed by atoms with van der Waals surface area (Å²) in [6.07, 6.45) is 2.53. The first kappa shape index (κ1) is 13.9. The lowest BCUT2D eigenvalue weighted by atomic mass is 10.2. The van der Waals surface area contributed by atoms with Crippen LogP contribution in [-0.4, -0.2) is 21.8 Å². The third-order valence-corrected chi connectivity index (χ3v) is 2.91. The molecule has 0 unspecified atom stereocenters. The van der Waals surface area contributed by atoms with Crippen LogP contribution in [0.25, 0.3) is 0 Å². The zero-order valence-corrected chi connectivity index (χ0v) is 11.6. The molecule has 1 aromatic carbocycles. The lowest BCUT2D eigenvalue weighted by Gasteiger charge is -2.09. The largest absolute Gasteiger partial charge is 0.490 e. The Balaban J connectivity index is 2.45. The predicted molar refractivity (Wildman–Crippen MR) is 75.5 cm³/mol. The van der Waals surface area contributed by atoms with Crippen LogP contribution in [0.2, 0.25) is 0 Å². The van der Waals surface area contributed by atoms with Crippen LogP contribution in [0.3, 0.4) is 0 Å². The first-order valence-electron chi connectivity index (χ1n) is 6.17. The van der Waals surface area contributed by atoms with Gasteiger partial charge in [-0.3, -0.25) is 14.8 Å². The third-order valence-electron chi connectivity index (χ3n) is 2.91. The number of benzene rings is 1. The molecule has 1 N–H and O–H groups in total. The number of hydrogen-bond donors (Lipinski definition) is 1. The van der Waals surface area contributed by atoms with Crippen molar-refractivity contribution in [3.63, 3.8) is 0 Å². The number of hydrogen-bond acceptors (Lipinski definition) is 5. The molecule has 0 saturated heterocycles. The van der Waals surface area contributed by atoms with Gasteiger partial charge in [0.1, 0.15) is 5.69 Å². The van der Waals surface area contributed by atoms with Gasteiger partial charge in [0.2, 0.25) is 0 Å². The minimum Gasteiger partial charge on any atom is -0.490 e. The van der Waals surface area contributed by atoms with Gasteiger partial charge in [-0.05, 0) is 18.6 Å². The molecule has 0 aliphatic rings. The number of rotatable bonds is 5. The van der Waals surface area contributed by atoms with E-state index in [4.69, 9.17) is 4.74 Å². The monoisotopic (exact) mass is 276 g/mol. The molecule has 2 aromatic rings. The number of nitro benzene ring substituents is 1. The van der Waals surface area contributed by atoms with Crippen LogP contribution < -0.4 is 10.1 Å². The summed E-state index contributed by atoms with van der Waals surface area (Å²) in [5, 5.41) is 18.6. The van der Waals surface area contributed by atoms with Crippen molar-refractivity contribution in [3.8, 4) is 5.75 Å². The van der Waals surface area contributed by atoms with Gasteiger partial charge >= 0.3 is 5.69 Å². The average Bonchev–Trinajstić information content (AvgIpc) is 2.78. The number of anilines is 2. The van der Waals surface area contributed by atoms with Gasteiger partial charge < -0.3 is 10.1 Å². The quantitative estimate of drug-likeness (QED) is 0.670. The first-order chi connectivity index (χ1) is 9.56. The lowest BCUT2D eigenvalue weighted by Crippen LogP contribution is -2.00. The van der Waals surface area contributed by atoms with E-state index < -0.39 is 4.92 Å². The summed E-state index contributed by atoms with van der Waals surface area (Å²) >= 11 is 0. The Morgan fingerprint density at radius 3 is 2.80 bits per heavy atom. The maximum Gasteiger partial charge on any atom is 0.334 e. The maximum absolute atomic E-state index is 11.2. The molecule has 1 aromatic heterocycles. The predicted octanol–water partition coefficient (Wildman–Crippen LogP) is 2.64. The van der Waals surface area contributed by atoms with Gasteiger partial charge in [0.05, 0.1) is 23.4 Å². The van der Waals surface area contributed by atoms with Gasteiger partial charge in [-0.25, -0.2) is 0 Å². The van der Waals surface area contributed by atoms with Crippen molar-refractivity contribution in [1.82, 2.24) is 9.78 Å². The lowest BCUT2D eigenvalue weighted by molar-refractivity contribution is -0.384. The molecule has 0 atom stereocenters. The average molecular weight is 276 g/mol. The summed E-state index contributed by atoms with van der Waals surface area (Å²) in [6.45, 7) is 1.98. The van der Waals surface area contributed by atoms with Crippen LogP contribution >= 0.6 is 0 Å².